The van der Waals surface area contributed by atoms with E-state index in [0.717, 1.165) is 17.7 Å². The summed E-state index contributed by atoms with van der Waals surface area (Å²) in [5, 5.41) is 3.24. The van der Waals surface area contributed by atoms with Crippen LogP contribution in [0.25, 0.3) is 0 Å². The van der Waals surface area contributed by atoms with Crippen LogP contribution in [0.5, 0.6) is 0 Å². The van der Waals surface area contributed by atoms with Crippen molar-refractivity contribution in [1.29, 1.82) is 0 Å². The summed E-state index contributed by atoms with van der Waals surface area (Å²) in [6.07, 6.45) is 7.67. The summed E-state index contributed by atoms with van der Waals surface area (Å²) in [6, 6.07) is 7.83. The number of carbonyl (C=O) groups excluding carboxylic acids is 1. The van der Waals surface area contributed by atoms with Crippen molar-refractivity contribution in [3.05, 3.63) is 29.8 Å². The van der Waals surface area contributed by atoms with Gasteiger partial charge in [0.15, 0.2) is 9.84 Å². The van der Waals surface area contributed by atoms with Gasteiger partial charge in [-0.1, -0.05) is 37.8 Å². The number of nitrogens with one attached hydrogen (secondary N) is 1. The Bertz CT molecular complexity index is 679. The van der Waals surface area contributed by atoms with Crippen molar-refractivity contribution in [1.82, 2.24) is 5.32 Å². The molecule has 0 aromatic heterocycles. The van der Waals surface area contributed by atoms with Gasteiger partial charge in [-0.05, 0) is 31.4 Å². The third-order valence-corrected chi connectivity index (χ3v) is 8.13. The molecule has 1 aliphatic heterocycles. The Labute approximate surface area is 148 Å². The van der Waals surface area contributed by atoms with Gasteiger partial charge in [-0.15, -0.1) is 11.8 Å². The van der Waals surface area contributed by atoms with Crippen LogP contribution in [0.1, 0.15) is 55.3 Å². The number of carbonyl (C=O) groups is 1. The van der Waals surface area contributed by atoms with E-state index < -0.39 is 9.84 Å². The lowest BCUT2D eigenvalue weighted by atomic mass is 10.1. The molecule has 1 heterocycles. The fraction of sp³-hybridized carbons (Fsp3) is 0.611. The number of hydrogen-bond acceptors (Lipinski definition) is 4. The number of rotatable bonds is 4. The van der Waals surface area contributed by atoms with Gasteiger partial charge in [-0.2, -0.15) is 0 Å². The van der Waals surface area contributed by atoms with Crippen LogP contribution in [-0.2, 0) is 9.84 Å². The molecule has 4 nitrogen and oxygen atoms in total. The highest BCUT2D eigenvalue weighted by Gasteiger charge is 2.29. The molecular weight excluding hydrogens is 342 g/mol. The maximum atomic E-state index is 12.7. The zero-order valence-corrected chi connectivity index (χ0v) is 15.5. The summed E-state index contributed by atoms with van der Waals surface area (Å²) in [4.78, 5) is 13.6. The summed E-state index contributed by atoms with van der Waals surface area (Å²) in [6.45, 7) is 0. The predicted molar refractivity (Wildman–Crippen MR) is 98.3 cm³/mol. The van der Waals surface area contributed by atoms with E-state index in [1.807, 2.05) is 24.3 Å². The minimum Gasteiger partial charge on any atom is -0.349 e. The molecule has 0 bridgehead atoms. The van der Waals surface area contributed by atoms with Gasteiger partial charge in [0.05, 0.1) is 17.1 Å². The molecule has 24 heavy (non-hydrogen) atoms. The van der Waals surface area contributed by atoms with E-state index in [9.17, 15) is 13.2 Å². The minimum atomic E-state index is -2.90. The van der Waals surface area contributed by atoms with Crippen molar-refractivity contribution in [2.75, 3.05) is 11.5 Å². The SMILES string of the molecule is O=C(NC1CCCCCC1)c1ccccc1S[C@@H]1CCS(=O)(=O)C1. The summed E-state index contributed by atoms with van der Waals surface area (Å²) in [5.74, 6) is 0.461. The molecule has 1 saturated heterocycles. The van der Waals surface area contributed by atoms with Gasteiger partial charge in [0.2, 0.25) is 0 Å². The van der Waals surface area contributed by atoms with E-state index in [-0.39, 0.29) is 28.7 Å². The normalized spacial score (nSPS) is 24.4. The maximum Gasteiger partial charge on any atom is 0.252 e. The first kappa shape index (κ1) is 17.8. The minimum absolute atomic E-state index is 0.0224. The lowest BCUT2D eigenvalue weighted by Gasteiger charge is -2.18. The van der Waals surface area contributed by atoms with Gasteiger partial charge >= 0.3 is 0 Å². The number of thioether (sulfide) groups is 1. The van der Waals surface area contributed by atoms with Crippen LogP contribution in [0.4, 0.5) is 0 Å². The first-order chi connectivity index (χ1) is 11.5. The smallest absolute Gasteiger partial charge is 0.252 e. The fourth-order valence-electron chi connectivity index (χ4n) is 3.48. The monoisotopic (exact) mass is 367 g/mol. The lowest BCUT2D eigenvalue weighted by Crippen LogP contribution is -2.34. The molecule has 2 fully saturated rings. The standard InChI is InChI=1S/C18H25NO3S2/c20-18(19-14-7-3-1-2-4-8-14)16-9-5-6-10-17(16)23-15-11-12-24(21,22)13-15/h5-6,9-10,14-15H,1-4,7-8,11-13H2,(H,19,20)/t15-/m1/s1. The van der Waals surface area contributed by atoms with E-state index in [0.29, 0.717) is 12.0 Å². The molecule has 6 heteroatoms. The van der Waals surface area contributed by atoms with E-state index in [2.05, 4.69) is 5.32 Å². The third kappa shape index (κ3) is 4.76. The Morgan fingerprint density at radius 3 is 2.42 bits per heavy atom. The average molecular weight is 368 g/mol. The van der Waals surface area contributed by atoms with Crippen molar-refractivity contribution >= 4 is 27.5 Å². The summed E-state index contributed by atoms with van der Waals surface area (Å²) in [7, 11) is -2.90. The summed E-state index contributed by atoms with van der Waals surface area (Å²) in [5.41, 5.74) is 0.677. The Hall–Kier alpha value is -1.01. The Balaban J connectivity index is 1.67. The van der Waals surface area contributed by atoms with Crippen LogP contribution in [0.15, 0.2) is 29.2 Å². The van der Waals surface area contributed by atoms with Crippen molar-refractivity contribution in [3.8, 4) is 0 Å². The second-order valence-electron chi connectivity index (χ2n) is 6.80. The number of hydrogen-bond donors (Lipinski definition) is 1. The largest absolute Gasteiger partial charge is 0.349 e. The van der Waals surface area contributed by atoms with Crippen molar-refractivity contribution in [2.24, 2.45) is 0 Å². The number of amides is 1. The second-order valence-corrected chi connectivity index (χ2v) is 10.4. The molecule has 132 valence electrons. The average Bonchev–Trinajstić information content (AvgIpc) is 2.75. The molecule has 1 aliphatic carbocycles. The summed E-state index contributed by atoms with van der Waals surface area (Å²) < 4.78 is 23.3. The van der Waals surface area contributed by atoms with E-state index in [1.165, 1.54) is 37.4 Å². The molecule has 0 spiro atoms. The van der Waals surface area contributed by atoms with E-state index in [1.54, 1.807) is 0 Å². The van der Waals surface area contributed by atoms with E-state index >= 15 is 0 Å². The topological polar surface area (TPSA) is 63.2 Å². The Morgan fingerprint density at radius 1 is 1.04 bits per heavy atom. The van der Waals surface area contributed by atoms with Gasteiger partial charge < -0.3 is 5.32 Å². The number of sulfone groups is 1. The Morgan fingerprint density at radius 2 is 1.75 bits per heavy atom. The number of benzene rings is 1. The first-order valence-electron chi connectivity index (χ1n) is 8.80. The molecule has 1 N–H and O–H groups in total. The zero-order valence-electron chi connectivity index (χ0n) is 13.9. The van der Waals surface area contributed by atoms with Crippen molar-refractivity contribution in [3.63, 3.8) is 0 Å². The van der Waals surface area contributed by atoms with Crippen LogP contribution in [0, 0.1) is 0 Å². The predicted octanol–water partition coefficient (Wildman–Crippen LogP) is 3.42. The molecular formula is C18H25NO3S2. The molecule has 1 saturated carbocycles. The van der Waals surface area contributed by atoms with Crippen molar-refractivity contribution in [2.45, 2.75) is 61.1 Å². The summed E-state index contributed by atoms with van der Waals surface area (Å²) >= 11 is 1.53. The van der Waals surface area contributed by atoms with Crippen LogP contribution in [-0.4, -0.2) is 37.1 Å². The van der Waals surface area contributed by atoms with Gasteiger partial charge in [0.1, 0.15) is 0 Å². The lowest BCUT2D eigenvalue weighted by molar-refractivity contribution is 0.0930. The molecule has 0 radical (unpaired) electrons. The third-order valence-electron chi connectivity index (χ3n) is 4.81. The van der Waals surface area contributed by atoms with E-state index in [4.69, 9.17) is 0 Å². The van der Waals surface area contributed by atoms with Gasteiger partial charge in [-0.25, -0.2) is 8.42 Å². The molecule has 1 atom stereocenters. The second kappa shape index (κ2) is 7.91. The molecule has 1 aromatic carbocycles. The molecule has 1 aromatic rings. The molecule has 0 unspecified atom stereocenters. The molecule has 3 rings (SSSR count). The maximum absolute atomic E-state index is 12.7. The zero-order chi connectivity index (χ0) is 17.0. The Kier molecular flexibility index (Phi) is 5.87. The van der Waals surface area contributed by atoms with Crippen LogP contribution >= 0.6 is 11.8 Å². The molecule has 2 aliphatic rings. The quantitative estimate of drug-likeness (QED) is 0.828. The van der Waals surface area contributed by atoms with Crippen LogP contribution in [0.3, 0.4) is 0 Å². The van der Waals surface area contributed by atoms with Crippen molar-refractivity contribution < 1.29 is 13.2 Å². The molecule has 1 amide bonds. The van der Waals surface area contributed by atoms with Crippen LogP contribution < -0.4 is 5.32 Å². The van der Waals surface area contributed by atoms with Gasteiger partial charge in [0.25, 0.3) is 5.91 Å². The first-order valence-corrected chi connectivity index (χ1v) is 11.5. The van der Waals surface area contributed by atoms with Crippen LogP contribution in [0.2, 0.25) is 0 Å². The highest BCUT2D eigenvalue weighted by Crippen LogP contribution is 2.33. The van der Waals surface area contributed by atoms with Gasteiger partial charge in [0, 0.05) is 16.2 Å². The fourth-order valence-corrected chi connectivity index (χ4v) is 7.10. The highest BCUT2D eigenvalue weighted by molar-refractivity contribution is 8.02. The highest BCUT2D eigenvalue weighted by atomic mass is 32.2. The van der Waals surface area contributed by atoms with Gasteiger partial charge in [-0.3, -0.25) is 4.79 Å².